The van der Waals surface area contributed by atoms with Crippen molar-refractivity contribution in [3.63, 3.8) is 0 Å². The first kappa shape index (κ1) is 16.7. The molecule has 122 valence electrons. The molecule has 0 heterocycles. The summed E-state index contributed by atoms with van der Waals surface area (Å²) in [6, 6.07) is 5.77. The van der Waals surface area contributed by atoms with Gasteiger partial charge in [0.1, 0.15) is 36.3 Å². The molecule has 4 unspecified atom stereocenters. The molecule has 1 aliphatic rings. The van der Waals surface area contributed by atoms with Crippen molar-refractivity contribution in [3.05, 3.63) is 29.8 Å². The highest BCUT2D eigenvalue weighted by molar-refractivity contribution is 5.73. The Kier molecular flexibility index (Phi) is 4.99. The molecule has 8 heteroatoms. The summed E-state index contributed by atoms with van der Waals surface area (Å²) in [5, 5.41) is 57.2. The molecule has 0 amide bonds. The Hall–Kier alpha value is -1.71. The average molecular weight is 314 g/mol. The number of hydrogen-bond acceptors (Lipinski definition) is 8. The molecule has 1 fully saturated rings. The average Bonchev–Trinajstić information content (AvgIpc) is 2.50. The van der Waals surface area contributed by atoms with Crippen LogP contribution in [0.4, 0.5) is 0 Å². The van der Waals surface area contributed by atoms with Gasteiger partial charge in [0.25, 0.3) is 0 Å². The van der Waals surface area contributed by atoms with E-state index < -0.39 is 42.6 Å². The van der Waals surface area contributed by atoms with Gasteiger partial charge in [-0.15, -0.1) is 0 Å². The molecule has 1 aromatic carbocycles. The minimum atomic E-state index is -1.75. The van der Waals surface area contributed by atoms with Crippen LogP contribution < -0.4 is 0 Å². The quantitative estimate of drug-likeness (QED) is 0.340. The lowest BCUT2D eigenvalue weighted by atomic mass is 9.85. The Morgan fingerprint density at radius 3 is 1.82 bits per heavy atom. The minimum Gasteiger partial charge on any atom is -0.508 e. The molecule has 2 rings (SSSR count). The Bertz CT molecular complexity index is 500. The molecule has 0 aromatic heterocycles. The van der Waals surface area contributed by atoms with Crippen LogP contribution in [0.25, 0.3) is 0 Å². The number of aliphatic hydroxyl groups excluding tert-OH is 5. The second-order valence-corrected chi connectivity index (χ2v) is 5.25. The first-order chi connectivity index (χ1) is 10.3. The smallest absolute Gasteiger partial charge is 0.310 e. The van der Waals surface area contributed by atoms with Gasteiger partial charge < -0.3 is 35.4 Å². The SMILES string of the molecule is O=C(Cc1ccc(O)cc1)OC1C(O)C(O)C(O)C(O)C1O. The molecule has 1 aromatic rings. The van der Waals surface area contributed by atoms with Crippen molar-refractivity contribution >= 4 is 5.97 Å². The van der Waals surface area contributed by atoms with E-state index in [2.05, 4.69) is 0 Å². The van der Waals surface area contributed by atoms with Crippen LogP contribution in [0, 0.1) is 0 Å². The van der Waals surface area contributed by atoms with E-state index >= 15 is 0 Å². The largest absolute Gasteiger partial charge is 0.508 e. The normalized spacial score (nSPS) is 35.1. The molecule has 6 N–H and O–H groups in total. The highest BCUT2D eigenvalue weighted by Gasteiger charge is 2.50. The van der Waals surface area contributed by atoms with Crippen molar-refractivity contribution in [2.75, 3.05) is 0 Å². The summed E-state index contributed by atoms with van der Waals surface area (Å²) in [5.74, 6) is -0.764. The summed E-state index contributed by atoms with van der Waals surface area (Å²) in [7, 11) is 0. The molecule has 0 spiro atoms. The fraction of sp³-hybridized carbons (Fsp3) is 0.500. The van der Waals surface area contributed by atoms with E-state index in [4.69, 9.17) is 9.84 Å². The first-order valence-corrected chi connectivity index (χ1v) is 6.69. The van der Waals surface area contributed by atoms with Gasteiger partial charge in [-0.1, -0.05) is 12.1 Å². The lowest BCUT2D eigenvalue weighted by Crippen LogP contribution is -2.64. The number of esters is 1. The summed E-state index contributed by atoms with van der Waals surface area (Å²) in [4.78, 5) is 11.8. The summed E-state index contributed by atoms with van der Waals surface area (Å²) >= 11 is 0. The van der Waals surface area contributed by atoms with Crippen LogP contribution in [0.15, 0.2) is 24.3 Å². The number of carbonyl (C=O) groups is 1. The van der Waals surface area contributed by atoms with Crippen molar-refractivity contribution in [2.24, 2.45) is 0 Å². The van der Waals surface area contributed by atoms with Gasteiger partial charge in [-0.05, 0) is 17.7 Å². The van der Waals surface area contributed by atoms with Crippen LogP contribution in [0.1, 0.15) is 5.56 Å². The topological polar surface area (TPSA) is 148 Å². The van der Waals surface area contributed by atoms with Gasteiger partial charge in [0.15, 0.2) is 6.10 Å². The number of benzene rings is 1. The lowest BCUT2D eigenvalue weighted by molar-refractivity contribution is -0.233. The minimum absolute atomic E-state index is 0.0375. The molecule has 0 saturated heterocycles. The highest BCUT2D eigenvalue weighted by atomic mass is 16.6. The van der Waals surface area contributed by atoms with Gasteiger partial charge >= 0.3 is 5.97 Å². The van der Waals surface area contributed by atoms with E-state index in [1.807, 2.05) is 0 Å². The number of phenols is 1. The van der Waals surface area contributed by atoms with Gasteiger partial charge in [0.05, 0.1) is 6.42 Å². The number of aromatic hydroxyl groups is 1. The summed E-state index contributed by atoms with van der Waals surface area (Å²) < 4.78 is 4.91. The predicted octanol–water partition coefficient (Wildman–Crippen LogP) is -2.34. The number of carbonyl (C=O) groups excluding carboxylic acids is 1. The first-order valence-electron chi connectivity index (χ1n) is 6.69. The Morgan fingerprint density at radius 2 is 1.32 bits per heavy atom. The number of phenolic OH excluding ortho intramolecular Hbond substituents is 1. The standard InChI is InChI=1S/C14H18O8/c15-7-3-1-6(2-4-7)5-8(16)22-14-12(20)10(18)9(17)11(19)13(14)21/h1-4,9-15,17-21H,5H2. The van der Waals surface area contributed by atoms with Crippen molar-refractivity contribution < 1.29 is 40.2 Å². The van der Waals surface area contributed by atoms with E-state index in [0.29, 0.717) is 5.56 Å². The fourth-order valence-electron chi connectivity index (χ4n) is 2.31. The van der Waals surface area contributed by atoms with Gasteiger partial charge in [0.2, 0.25) is 0 Å². The van der Waals surface area contributed by atoms with E-state index in [1.165, 1.54) is 24.3 Å². The summed E-state index contributed by atoms with van der Waals surface area (Å²) in [6.45, 7) is 0. The Labute approximate surface area is 125 Å². The van der Waals surface area contributed by atoms with Crippen molar-refractivity contribution in [1.29, 1.82) is 0 Å². The van der Waals surface area contributed by atoms with Crippen molar-refractivity contribution in [1.82, 2.24) is 0 Å². The molecule has 0 radical (unpaired) electrons. The van der Waals surface area contributed by atoms with Gasteiger partial charge in [-0.3, -0.25) is 4.79 Å². The maximum atomic E-state index is 11.8. The third kappa shape index (κ3) is 3.37. The van der Waals surface area contributed by atoms with E-state index in [1.54, 1.807) is 0 Å². The number of rotatable bonds is 3. The number of aliphatic hydroxyl groups is 5. The molecule has 4 atom stereocenters. The monoisotopic (exact) mass is 314 g/mol. The fourth-order valence-corrected chi connectivity index (χ4v) is 2.31. The second-order valence-electron chi connectivity index (χ2n) is 5.25. The van der Waals surface area contributed by atoms with Crippen molar-refractivity contribution in [3.8, 4) is 5.75 Å². The molecule has 0 bridgehead atoms. The highest BCUT2D eigenvalue weighted by Crippen LogP contribution is 2.24. The third-order valence-electron chi connectivity index (χ3n) is 3.63. The van der Waals surface area contributed by atoms with Gasteiger partial charge in [0, 0.05) is 0 Å². The van der Waals surface area contributed by atoms with Crippen LogP contribution in [0.5, 0.6) is 5.75 Å². The van der Waals surface area contributed by atoms with Crippen LogP contribution in [0.2, 0.25) is 0 Å². The van der Waals surface area contributed by atoms with E-state index in [-0.39, 0.29) is 12.2 Å². The predicted molar refractivity (Wildman–Crippen MR) is 71.7 cm³/mol. The Balaban J connectivity index is 2.02. The molecule has 8 nitrogen and oxygen atoms in total. The van der Waals surface area contributed by atoms with Crippen molar-refractivity contribution in [2.45, 2.75) is 43.0 Å². The maximum Gasteiger partial charge on any atom is 0.310 e. The van der Waals surface area contributed by atoms with Crippen LogP contribution in [-0.4, -0.2) is 73.2 Å². The number of ether oxygens (including phenoxy) is 1. The third-order valence-corrected chi connectivity index (χ3v) is 3.63. The van der Waals surface area contributed by atoms with Gasteiger partial charge in [-0.25, -0.2) is 0 Å². The molecular weight excluding hydrogens is 296 g/mol. The zero-order chi connectivity index (χ0) is 16.4. The van der Waals surface area contributed by atoms with Crippen LogP contribution >= 0.6 is 0 Å². The molecule has 22 heavy (non-hydrogen) atoms. The second kappa shape index (κ2) is 6.59. The zero-order valence-corrected chi connectivity index (χ0v) is 11.5. The Morgan fingerprint density at radius 1 is 0.864 bits per heavy atom. The van der Waals surface area contributed by atoms with Gasteiger partial charge in [-0.2, -0.15) is 0 Å². The van der Waals surface area contributed by atoms with Crippen LogP contribution in [0.3, 0.4) is 0 Å². The molecular formula is C14H18O8. The lowest BCUT2D eigenvalue weighted by Gasteiger charge is -2.41. The van der Waals surface area contributed by atoms with E-state index in [9.17, 15) is 30.3 Å². The number of hydrogen-bond donors (Lipinski definition) is 6. The molecule has 1 saturated carbocycles. The van der Waals surface area contributed by atoms with Crippen LogP contribution in [-0.2, 0) is 16.0 Å². The van der Waals surface area contributed by atoms with E-state index in [0.717, 1.165) is 0 Å². The molecule has 1 aliphatic carbocycles. The molecule has 0 aliphatic heterocycles. The zero-order valence-electron chi connectivity index (χ0n) is 11.5. The summed E-state index contributed by atoms with van der Waals surface area (Å²) in [5.41, 5.74) is 0.531. The maximum absolute atomic E-state index is 11.8. The summed E-state index contributed by atoms with van der Waals surface area (Å²) in [6.07, 6.45) is -10.4.